The van der Waals surface area contributed by atoms with Crippen LogP contribution in [0.1, 0.15) is 26.2 Å². The number of carbonyl (C=O) groups is 1. The molecule has 0 saturated carbocycles. The first-order valence-corrected chi connectivity index (χ1v) is 5.80. The minimum atomic E-state index is 0.0595. The zero-order valence-electron chi connectivity index (χ0n) is 10.2. The topological polar surface area (TPSA) is 38.8 Å². The van der Waals surface area contributed by atoms with E-state index in [4.69, 9.17) is 9.47 Å². The summed E-state index contributed by atoms with van der Waals surface area (Å²) in [6.07, 6.45) is 2.42. The Morgan fingerprint density at radius 3 is 2.94 bits per heavy atom. The Bertz CT molecular complexity index is 253. The van der Waals surface area contributed by atoms with Crippen LogP contribution in [0.5, 0.6) is 0 Å². The van der Waals surface area contributed by atoms with E-state index in [0.717, 1.165) is 19.4 Å². The van der Waals surface area contributed by atoms with Crippen LogP contribution < -0.4 is 0 Å². The van der Waals surface area contributed by atoms with Gasteiger partial charge in [0.2, 0.25) is 5.91 Å². The number of rotatable bonds is 6. The minimum Gasteiger partial charge on any atom is -0.497 e. The molecule has 1 aliphatic rings. The number of amides is 1. The van der Waals surface area contributed by atoms with Gasteiger partial charge in [-0.15, -0.1) is 0 Å². The predicted molar refractivity (Wildman–Crippen MR) is 62.0 cm³/mol. The highest BCUT2D eigenvalue weighted by Crippen LogP contribution is 2.24. The highest BCUT2D eigenvalue weighted by Gasteiger charge is 2.31. The van der Waals surface area contributed by atoms with Gasteiger partial charge in [0.25, 0.3) is 0 Å². The smallest absolute Gasteiger partial charge is 0.225 e. The summed E-state index contributed by atoms with van der Waals surface area (Å²) < 4.78 is 10.3. The highest BCUT2D eigenvalue weighted by molar-refractivity contribution is 5.77. The third kappa shape index (κ3) is 3.23. The standard InChI is InChI=1S/C12H21NO3/c1-4-16-10(2)11-6-5-8-13(11)12(14)7-9-15-3/h11H,2,4-9H2,1,3H3. The average molecular weight is 227 g/mol. The molecule has 0 aliphatic carbocycles. The van der Waals surface area contributed by atoms with E-state index in [1.807, 2.05) is 11.8 Å². The van der Waals surface area contributed by atoms with Crippen molar-refractivity contribution < 1.29 is 14.3 Å². The first kappa shape index (κ1) is 13.0. The van der Waals surface area contributed by atoms with Gasteiger partial charge in [-0.3, -0.25) is 4.79 Å². The van der Waals surface area contributed by atoms with E-state index in [1.54, 1.807) is 7.11 Å². The molecule has 1 atom stereocenters. The van der Waals surface area contributed by atoms with Crippen LogP contribution in [0.3, 0.4) is 0 Å². The van der Waals surface area contributed by atoms with Crippen molar-refractivity contribution in [1.29, 1.82) is 0 Å². The molecule has 16 heavy (non-hydrogen) atoms. The molecule has 1 amide bonds. The van der Waals surface area contributed by atoms with Gasteiger partial charge in [0.15, 0.2) is 0 Å². The fourth-order valence-electron chi connectivity index (χ4n) is 2.01. The summed E-state index contributed by atoms with van der Waals surface area (Å²) in [6, 6.07) is 0.0595. The lowest BCUT2D eigenvalue weighted by atomic mass is 10.2. The molecule has 1 fully saturated rings. The van der Waals surface area contributed by atoms with E-state index in [-0.39, 0.29) is 11.9 Å². The van der Waals surface area contributed by atoms with Crippen molar-refractivity contribution in [3.05, 3.63) is 12.3 Å². The molecule has 0 aromatic heterocycles. The fourth-order valence-corrected chi connectivity index (χ4v) is 2.01. The predicted octanol–water partition coefficient (Wildman–Crippen LogP) is 1.56. The molecule has 0 radical (unpaired) electrons. The zero-order valence-corrected chi connectivity index (χ0v) is 10.2. The van der Waals surface area contributed by atoms with Crippen molar-refractivity contribution in [2.24, 2.45) is 0 Å². The van der Waals surface area contributed by atoms with Gasteiger partial charge >= 0.3 is 0 Å². The quantitative estimate of drug-likeness (QED) is 0.646. The van der Waals surface area contributed by atoms with Gasteiger partial charge in [-0.05, 0) is 19.8 Å². The molecule has 0 aromatic carbocycles. The molecule has 1 aliphatic heterocycles. The van der Waals surface area contributed by atoms with E-state index < -0.39 is 0 Å². The largest absolute Gasteiger partial charge is 0.497 e. The van der Waals surface area contributed by atoms with Gasteiger partial charge in [0, 0.05) is 13.7 Å². The van der Waals surface area contributed by atoms with Crippen molar-refractivity contribution in [2.75, 3.05) is 26.9 Å². The molecular weight excluding hydrogens is 206 g/mol. The van der Waals surface area contributed by atoms with Gasteiger partial charge < -0.3 is 14.4 Å². The second-order valence-electron chi connectivity index (χ2n) is 3.89. The lowest BCUT2D eigenvalue weighted by Gasteiger charge is -2.26. The number of hydrogen-bond acceptors (Lipinski definition) is 3. The first-order valence-electron chi connectivity index (χ1n) is 5.80. The zero-order chi connectivity index (χ0) is 12.0. The molecule has 0 bridgehead atoms. The normalized spacial score (nSPS) is 19.9. The van der Waals surface area contributed by atoms with E-state index >= 15 is 0 Å². The second kappa shape index (κ2) is 6.53. The maximum atomic E-state index is 11.9. The summed E-state index contributed by atoms with van der Waals surface area (Å²) >= 11 is 0. The maximum Gasteiger partial charge on any atom is 0.225 e. The van der Waals surface area contributed by atoms with E-state index in [0.29, 0.717) is 25.4 Å². The summed E-state index contributed by atoms with van der Waals surface area (Å²) in [5.74, 6) is 0.843. The molecule has 1 saturated heterocycles. The van der Waals surface area contributed by atoms with Gasteiger partial charge in [0.05, 0.1) is 25.7 Å². The van der Waals surface area contributed by atoms with E-state index in [9.17, 15) is 4.79 Å². The average Bonchev–Trinajstić information content (AvgIpc) is 2.75. The number of likely N-dealkylation sites (tertiary alicyclic amines) is 1. The molecule has 4 heteroatoms. The Hall–Kier alpha value is -1.03. The molecule has 0 aromatic rings. The number of hydrogen-bond donors (Lipinski definition) is 0. The minimum absolute atomic E-state index is 0.0595. The van der Waals surface area contributed by atoms with Crippen molar-refractivity contribution in [3.63, 3.8) is 0 Å². The second-order valence-corrected chi connectivity index (χ2v) is 3.89. The Morgan fingerprint density at radius 2 is 2.31 bits per heavy atom. The van der Waals surface area contributed by atoms with E-state index in [1.165, 1.54) is 0 Å². The fraction of sp³-hybridized carbons (Fsp3) is 0.750. The van der Waals surface area contributed by atoms with Crippen LogP contribution in [0.25, 0.3) is 0 Å². The molecule has 92 valence electrons. The van der Waals surface area contributed by atoms with Crippen LogP contribution in [0.2, 0.25) is 0 Å². The van der Waals surface area contributed by atoms with Crippen molar-refractivity contribution in [1.82, 2.24) is 4.90 Å². The highest BCUT2D eigenvalue weighted by atomic mass is 16.5. The Balaban J connectivity index is 2.51. The lowest BCUT2D eigenvalue weighted by molar-refractivity contribution is -0.133. The molecule has 1 rings (SSSR count). The summed E-state index contributed by atoms with van der Waals surface area (Å²) in [7, 11) is 1.61. The number of carbonyl (C=O) groups excluding carboxylic acids is 1. The number of nitrogens with zero attached hydrogens (tertiary/aromatic N) is 1. The molecule has 1 unspecified atom stereocenters. The summed E-state index contributed by atoms with van der Waals surface area (Å²) in [5.41, 5.74) is 0. The Labute approximate surface area is 97.2 Å². The van der Waals surface area contributed by atoms with Crippen molar-refractivity contribution >= 4 is 5.91 Å². The monoisotopic (exact) mass is 227 g/mol. The van der Waals surface area contributed by atoms with Gasteiger partial charge in [0.1, 0.15) is 5.76 Å². The van der Waals surface area contributed by atoms with Crippen molar-refractivity contribution in [2.45, 2.75) is 32.2 Å². The molecule has 0 spiro atoms. The molecule has 4 nitrogen and oxygen atoms in total. The number of methoxy groups -OCH3 is 1. The molecular formula is C12H21NO3. The van der Waals surface area contributed by atoms with Crippen LogP contribution in [0.15, 0.2) is 12.3 Å². The van der Waals surface area contributed by atoms with Gasteiger partial charge in [-0.1, -0.05) is 6.58 Å². The lowest BCUT2D eigenvalue weighted by Crippen LogP contribution is -2.37. The SMILES string of the molecule is C=C(OCC)C1CCCN1C(=O)CCOC. The molecule has 0 N–H and O–H groups in total. The van der Waals surface area contributed by atoms with Crippen LogP contribution >= 0.6 is 0 Å². The van der Waals surface area contributed by atoms with Gasteiger partial charge in [-0.25, -0.2) is 0 Å². The number of ether oxygens (including phenoxy) is 2. The third-order valence-electron chi connectivity index (χ3n) is 2.79. The molecule has 1 heterocycles. The Morgan fingerprint density at radius 1 is 1.56 bits per heavy atom. The maximum absolute atomic E-state index is 11.9. The summed E-state index contributed by atoms with van der Waals surface area (Å²) in [6.45, 7) is 7.71. The van der Waals surface area contributed by atoms with Crippen molar-refractivity contribution in [3.8, 4) is 0 Å². The van der Waals surface area contributed by atoms with Crippen LogP contribution in [0, 0.1) is 0 Å². The van der Waals surface area contributed by atoms with Crippen LogP contribution in [-0.4, -0.2) is 43.7 Å². The summed E-state index contributed by atoms with van der Waals surface area (Å²) in [4.78, 5) is 13.7. The van der Waals surface area contributed by atoms with E-state index in [2.05, 4.69) is 6.58 Å². The third-order valence-corrected chi connectivity index (χ3v) is 2.79. The van der Waals surface area contributed by atoms with Gasteiger partial charge in [-0.2, -0.15) is 0 Å². The Kier molecular flexibility index (Phi) is 5.32. The summed E-state index contributed by atoms with van der Waals surface area (Å²) in [5, 5.41) is 0. The first-order chi connectivity index (χ1) is 7.70. The van der Waals surface area contributed by atoms with Crippen LogP contribution in [-0.2, 0) is 14.3 Å². The van der Waals surface area contributed by atoms with Crippen LogP contribution in [0.4, 0.5) is 0 Å².